The Morgan fingerprint density at radius 2 is 1.83 bits per heavy atom. The van der Waals surface area contributed by atoms with Crippen LogP contribution < -0.4 is 9.64 Å². The van der Waals surface area contributed by atoms with Crippen LogP contribution in [0.4, 0.5) is 5.69 Å². The fourth-order valence-corrected chi connectivity index (χ4v) is 3.83. The van der Waals surface area contributed by atoms with Crippen LogP contribution in [0, 0.1) is 5.92 Å². The van der Waals surface area contributed by atoms with Gasteiger partial charge in [0.1, 0.15) is 5.75 Å². The molecular formula is C18H18N2O3. The van der Waals surface area contributed by atoms with Crippen LogP contribution in [0.3, 0.4) is 0 Å². The van der Waals surface area contributed by atoms with Gasteiger partial charge in [-0.15, -0.1) is 0 Å². The summed E-state index contributed by atoms with van der Waals surface area (Å²) in [6.45, 7) is 0. The lowest BCUT2D eigenvalue weighted by Crippen LogP contribution is -2.30. The molecule has 0 spiro atoms. The number of carbonyl (C=O) groups is 2. The predicted molar refractivity (Wildman–Crippen MR) is 85.5 cm³/mol. The number of imide groups is 1. The van der Waals surface area contributed by atoms with Gasteiger partial charge in [0.05, 0.1) is 24.6 Å². The molecule has 1 aromatic heterocycles. The van der Waals surface area contributed by atoms with Gasteiger partial charge < -0.3 is 9.30 Å². The quantitative estimate of drug-likeness (QED) is 0.800. The van der Waals surface area contributed by atoms with Crippen molar-refractivity contribution >= 4 is 17.5 Å². The number of ether oxygens (including phenoxy) is 1. The third-order valence-corrected chi connectivity index (χ3v) is 5.02. The van der Waals surface area contributed by atoms with Gasteiger partial charge in [-0.25, -0.2) is 4.90 Å². The first-order chi connectivity index (χ1) is 11.1. The van der Waals surface area contributed by atoms with Gasteiger partial charge >= 0.3 is 0 Å². The highest BCUT2D eigenvalue weighted by molar-refractivity contribution is 6.24. The lowest BCUT2D eigenvalue weighted by atomic mass is 9.79. The molecule has 2 amide bonds. The van der Waals surface area contributed by atoms with Gasteiger partial charge in [0.2, 0.25) is 11.8 Å². The molecular weight excluding hydrogens is 292 g/mol. The van der Waals surface area contributed by atoms with Crippen molar-refractivity contribution in [2.45, 2.75) is 18.8 Å². The maximum Gasteiger partial charge on any atom is 0.242 e. The normalized spacial score (nSPS) is 23.0. The number of amides is 2. The third-order valence-electron chi connectivity index (χ3n) is 5.02. The molecule has 2 atom stereocenters. The average Bonchev–Trinajstić information content (AvgIpc) is 3.07. The summed E-state index contributed by atoms with van der Waals surface area (Å²) in [6, 6.07) is 9.04. The number of carbonyl (C=O) groups excluding carboxylic acids is 2. The average molecular weight is 310 g/mol. The highest BCUT2D eigenvalue weighted by Crippen LogP contribution is 2.44. The van der Waals surface area contributed by atoms with E-state index < -0.39 is 0 Å². The van der Waals surface area contributed by atoms with Gasteiger partial charge in [-0.1, -0.05) is 0 Å². The van der Waals surface area contributed by atoms with Crippen LogP contribution in [0.5, 0.6) is 5.75 Å². The smallest absolute Gasteiger partial charge is 0.242 e. The highest BCUT2D eigenvalue weighted by atomic mass is 16.5. The van der Waals surface area contributed by atoms with Gasteiger partial charge in [-0.3, -0.25) is 9.59 Å². The van der Waals surface area contributed by atoms with Gasteiger partial charge in [-0.2, -0.15) is 0 Å². The SMILES string of the molecule is COc1ccc(N2C(=O)[C@H]3CCc4c(ccn4C)[C@H]3C2=O)cc1. The van der Waals surface area contributed by atoms with Gasteiger partial charge in [-0.05, 0) is 48.7 Å². The summed E-state index contributed by atoms with van der Waals surface area (Å²) in [7, 11) is 3.58. The minimum atomic E-state index is -0.338. The van der Waals surface area contributed by atoms with E-state index in [1.807, 2.05) is 19.3 Å². The summed E-state index contributed by atoms with van der Waals surface area (Å²) in [5.41, 5.74) is 2.80. The molecule has 0 N–H and O–H groups in total. The van der Waals surface area contributed by atoms with E-state index in [-0.39, 0.29) is 23.7 Å². The number of anilines is 1. The van der Waals surface area contributed by atoms with Crippen LogP contribution in [-0.2, 0) is 23.1 Å². The fourth-order valence-electron chi connectivity index (χ4n) is 3.83. The lowest BCUT2D eigenvalue weighted by Gasteiger charge is -2.22. The molecule has 0 saturated carbocycles. The van der Waals surface area contributed by atoms with Gasteiger partial charge in [0, 0.05) is 18.9 Å². The highest BCUT2D eigenvalue weighted by Gasteiger charge is 2.51. The Balaban J connectivity index is 1.74. The number of hydrogen-bond donors (Lipinski definition) is 0. The molecule has 1 fully saturated rings. The van der Waals surface area contributed by atoms with Crippen molar-refractivity contribution in [1.29, 1.82) is 0 Å². The molecule has 4 rings (SSSR count). The molecule has 0 unspecified atom stereocenters. The van der Waals surface area contributed by atoms with Crippen LogP contribution >= 0.6 is 0 Å². The summed E-state index contributed by atoms with van der Waals surface area (Å²) in [6.07, 6.45) is 3.54. The first kappa shape index (κ1) is 14.1. The van der Waals surface area contributed by atoms with Crippen LogP contribution in [0.25, 0.3) is 0 Å². The van der Waals surface area contributed by atoms with E-state index in [0.29, 0.717) is 11.4 Å². The van der Waals surface area contributed by atoms with Gasteiger partial charge in [0.25, 0.3) is 0 Å². The monoisotopic (exact) mass is 310 g/mol. The second-order valence-electron chi connectivity index (χ2n) is 6.16. The molecule has 118 valence electrons. The van der Waals surface area contributed by atoms with E-state index in [2.05, 4.69) is 4.57 Å². The predicted octanol–water partition coefficient (Wildman–Crippen LogP) is 2.25. The molecule has 2 aliphatic rings. The molecule has 1 aliphatic carbocycles. The topological polar surface area (TPSA) is 51.5 Å². The zero-order valence-corrected chi connectivity index (χ0v) is 13.2. The number of rotatable bonds is 2. The molecule has 1 aliphatic heterocycles. The Morgan fingerprint density at radius 3 is 2.52 bits per heavy atom. The Hall–Kier alpha value is -2.56. The molecule has 2 heterocycles. The molecule has 23 heavy (non-hydrogen) atoms. The molecule has 2 aromatic rings. The molecule has 5 heteroatoms. The maximum absolute atomic E-state index is 12.9. The van der Waals surface area contributed by atoms with Crippen molar-refractivity contribution in [2.24, 2.45) is 13.0 Å². The molecule has 1 aromatic carbocycles. The van der Waals surface area contributed by atoms with E-state index in [1.54, 1.807) is 31.4 Å². The second-order valence-corrected chi connectivity index (χ2v) is 6.16. The molecule has 0 bridgehead atoms. The fraction of sp³-hybridized carbons (Fsp3) is 0.333. The zero-order valence-electron chi connectivity index (χ0n) is 13.2. The number of benzene rings is 1. The summed E-state index contributed by atoms with van der Waals surface area (Å²) >= 11 is 0. The van der Waals surface area contributed by atoms with Crippen molar-refractivity contribution < 1.29 is 14.3 Å². The van der Waals surface area contributed by atoms with Crippen molar-refractivity contribution in [3.05, 3.63) is 47.8 Å². The van der Waals surface area contributed by atoms with Crippen LogP contribution in [-0.4, -0.2) is 23.5 Å². The number of fused-ring (bicyclic) bond motifs is 3. The summed E-state index contributed by atoms with van der Waals surface area (Å²) in [5, 5.41) is 0. The van der Waals surface area contributed by atoms with Crippen molar-refractivity contribution in [3.8, 4) is 5.75 Å². The van der Waals surface area contributed by atoms with Crippen LogP contribution in [0.1, 0.15) is 23.6 Å². The summed E-state index contributed by atoms with van der Waals surface area (Å²) in [4.78, 5) is 27.1. The van der Waals surface area contributed by atoms with E-state index in [9.17, 15) is 9.59 Å². The van der Waals surface area contributed by atoms with E-state index in [4.69, 9.17) is 4.74 Å². The van der Waals surface area contributed by atoms with E-state index in [0.717, 1.165) is 18.4 Å². The lowest BCUT2D eigenvalue weighted by molar-refractivity contribution is -0.122. The van der Waals surface area contributed by atoms with Crippen molar-refractivity contribution in [3.63, 3.8) is 0 Å². The Labute approximate surface area is 134 Å². The van der Waals surface area contributed by atoms with E-state index in [1.165, 1.54) is 10.6 Å². The first-order valence-corrected chi connectivity index (χ1v) is 7.77. The molecule has 1 saturated heterocycles. The summed E-state index contributed by atoms with van der Waals surface area (Å²) in [5.74, 6) is -0.0679. The molecule has 5 nitrogen and oxygen atoms in total. The molecule has 0 radical (unpaired) electrons. The van der Waals surface area contributed by atoms with Crippen molar-refractivity contribution in [1.82, 2.24) is 4.57 Å². The summed E-state index contributed by atoms with van der Waals surface area (Å²) < 4.78 is 7.19. The second kappa shape index (κ2) is 4.98. The maximum atomic E-state index is 12.9. The number of aryl methyl sites for hydroxylation is 1. The number of hydrogen-bond acceptors (Lipinski definition) is 3. The standard InChI is InChI=1S/C18H18N2O3/c1-19-10-9-13-15(19)8-7-14-16(13)18(22)20(17(14)21)11-3-5-12(23-2)6-4-11/h3-6,9-10,14,16H,7-8H2,1-2H3/t14-,16+/m0/s1. The Morgan fingerprint density at radius 1 is 1.09 bits per heavy atom. The minimum Gasteiger partial charge on any atom is -0.497 e. The van der Waals surface area contributed by atoms with E-state index >= 15 is 0 Å². The van der Waals surface area contributed by atoms with Crippen LogP contribution in [0.2, 0.25) is 0 Å². The van der Waals surface area contributed by atoms with Crippen LogP contribution in [0.15, 0.2) is 36.5 Å². The van der Waals surface area contributed by atoms with Gasteiger partial charge in [0.15, 0.2) is 0 Å². The Kier molecular flexibility index (Phi) is 3.04. The largest absolute Gasteiger partial charge is 0.497 e. The third kappa shape index (κ3) is 1.92. The first-order valence-electron chi connectivity index (χ1n) is 7.77. The number of aromatic nitrogens is 1. The Bertz CT molecular complexity index is 791. The number of nitrogens with zero attached hydrogens (tertiary/aromatic N) is 2. The van der Waals surface area contributed by atoms with Crippen molar-refractivity contribution in [2.75, 3.05) is 12.0 Å². The number of methoxy groups -OCH3 is 1. The minimum absolute atomic E-state index is 0.0836. The zero-order chi connectivity index (χ0) is 16.1.